The van der Waals surface area contributed by atoms with Gasteiger partial charge in [-0.05, 0) is 131 Å². The van der Waals surface area contributed by atoms with Gasteiger partial charge >= 0.3 is 0 Å². The first-order valence-corrected chi connectivity index (χ1v) is 20.3. The molecule has 6 aromatic rings. The predicted octanol–water partition coefficient (Wildman–Crippen LogP) is 11.9. The first kappa shape index (κ1) is 35.0. The summed E-state index contributed by atoms with van der Waals surface area (Å²) in [6, 6.07) is 55.7. The predicted molar refractivity (Wildman–Crippen MR) is 228 cm³/mol. The van der Waals surface area contributed by atoms with E-state index in [1.807, 2.05) is 0 Å². The van der Waals surface area contributed by atoms with Crippen molar-refractivity contribution in [2.24, 2.45) is 11.8 Å². The van der Waals surface area contributed by atoms with Crippen molar-refractivity contribution in [3.05, 3.63) is 168 Å². The number of nitrogens with zero attached hydrogens (tertiary/aromatic N) is 2. The molecule has 2 heteroatoms. The van der Waals surface area contributed by atoms with Crippen LogP contribution < -0.4 is 0 Å². The van der Waals surface area contributed by atoms with E-state index in [0.717, 1.165) is 6.54 Å². The minimum Gasteiger partial charge on any atom is -0.306 e. The molecule has 4 aliphatic rings. The summed E-state index contributed by atoms with van der Waals surface area (Å²) in [5.41, 5.74) is 16.1. The molecule has 6 aromatic carbocycles. The zero-order valence-electron chi connectivity index (χ0n) is 32.6. The summed E-state index contributed by atoms with van der Waals surface area (Å²) in [7, 11) is 2.25. The summed E-state index contributed by atoms with van der Waals surface area (Å²) in [4.78, 5) is 5.17. The molecule has 4 heterocycles. The molecular weight excluding hydrogens is 653 g/mol. The highest BCUT2D eigenvalue weighted by atomic mass is 15.2. The number of hydrogen-bond donors (Lipinski definition) is 0. The fourth-order valence-electron chi connectivity index (χ4n) is 10.2. The average molecular weight is 707 g/mol. The van der Waals surface area contributed by atoms with E-state index in [-0.39, 0.29) is 10.8 Å². The third kappa shape index (κ3) is 6.34. The highest BCUT2D eigenvalue weighted by Crippen LogP contribution is 2.49. The van der Waals surface area contributed by atoms with Crippen LogP contribution in [-0.4, -0.2) is 49.6 Å². The second-order valence-corrected chi connectivity index (χ2v) is 17.1. The van der Waals surface area contributed by atoms with Crippen LogP contribution in [0.2, 0.25) is 0 Å². The number of piperidine rings is 4. The molecule has 0 saturated carbocycles. The van der Waals surface area contributed by atoms with E-state index in [1.54, 1.807) is 0 Å². The van der Waals surface area contributed by atoms with E-state index >= 15 is 0 Å². The molecule has 4 aliphatic heterocycles. The molecule has 4 fully saturated rings. The molecular formula is C52H54N2. The van der Waals surface area contributed by atoms with Crippen molar-refractivity contribution < 1.29 is 0 Å². The van der Waals surface area contributed by atoms with Crippen molar-refractivity contribution >= 4 is 0 Å². The Bertz CT molecular complexity index is 2190. The molecule has 3 atom stereocenters. The summed E-state index contributed by atoms with van der Waals surface area (Å²) >= 11 is 0. The van der Waals surface area contributed by atoms with Crippen molar-refractivity contribution in [1.29, 1.82) is 0 Å². The molecule has 0 aromatic heterocycles. The lowest BCUT2D eigenvalue weighted by Gasteiger charge is -2.54. The first-order valence-electron chi connectivity index (χ1n) is 20.3. The Kier molecular flexibility index (Phi) is 9.16. The van der Waals surface area contributed by atoms with Crippen molar-refractivity contribution in [2.75, 3.05) is 39.8 Å². The quantitative estimate of drug-likeness (QED) is 0.163. The SMILES string of the molecule is Cc1ccc(-c2ccc(-c3ccc(C4(c5ccc(-c6ccc(-c7ccc([C@@]8(C)CCN(C)CC8C)cc7)cc6)cc5)CN5CCC4CC5)cc3)cc2)cc1. The Morgan fingerprint density at radius 3 is 1.19 bits per heavy atom. The van der Waals surface area contributed by atoms with Crippen molar-refractivity contribution in [2.45, 2.75) is 50.9 Å². The van der Waals surface area contributed by atoms with Crippen molar-refractivity contribution in [3.63, 3.8) is 0 Å². The number of benzene rings is 6. The normalized spacial score (nSPS) is 25.4. The maximum absolute atomic E-state index is 2.70. The van der Waals surface area contributed by atoms with Crippen LogP contribution in [0, 0.1) is 18.8 Å². The highest BCUT2D eigenvalue weighted by molar-refractivity contribution is 5.72. The van der Waals surface area contributed by atoms with Gasteiger partial charge in [0, 0.05) is 18.5 Å². The highest BCUT2D eigenvalue weighted by Gasteiger charge is 2.48. The Morgan fingerprint density at radius 1 is 0.481 bits per heavy atom. The maximum atomic E-state index is 2.70. The average Bonchev–Trinajstić information content (AvgIpc) is 3.23. The minimum atomic E-state index is 0.0152. The molecule has 54 heavy (non-hydrogen) atoms. The summed E-state index contributed by atoms with van der Waals surface area (Å²) in [6.45, 7) is 12.9. The van der Waals surface area contributed by atoms with E-state index < -0.39 is 0 Å². The molecule has 0 amide bonds. The smallest absolute Gasteiger partial charge is 0.0358 e. The summed E-state index contributed by atoms with van der Waals surface area (Å²) < 4.78 is 0. The maximum Gasteiger partial charge on any atom is 0.0358 e. The minimum absolute atomic E-state index is 0.0152. The van der Waals surface area contributed by atoms with Crippen LogP contribution in [-0.2, 0) is 10.8 Å². The molecule has 272 valence electrons. The van der Waals surface area contributed by atoms with Gasteiger partial charge in [-0.25, -0.2) is 0 Å². The lowest BCUT2D eigenvalue weighted by atomic mass is 9.59. The molecule has 2 unspecified atom stereocenters. The van der Waals surface area contributed by atoms with Gasteiger partial charge in [-0.1, -0.05) is 165 Å². The van der Waals surface area contributed by atoms with Crippen molar-refractivity contribution in [1.82, 2.24) is 9.80 Å². The van der Waals surface area contributed by atoms with E-state index in [9.17, 15) is 0 Å². The van der Waals surface area contributed by atoms with E-state index in [4.69, 9.17) is 0 Å². The largest absolute Gasteiger partial charge is 0.306 e. The van der Waals surface area contributed by atoms with Crippen LogP contribution in [0.25, 0.3) is 44.5 Å². The van der Waals surface area contributed by atoms with E-state index in [1.165, 1.54) is 112 Å². The Hall–Kier alpha value is -4.76. The number of fused-ring (bicyclic) bond motifs is 3. The van der Waals surface area contributed by atoms with E-state index in [0.29, 0.717) is 11.8 Å². The van der Waals surface area contributed by atoms with Gasteiger partial charge in [0.2, 0.25) is 0 Å². The van der Waals surface area contributed by atoms with Gasteiger partial charge in [0.05, 0.1) is 0 Å². The second kappa shape index (κ2) is 14.1. The summed E-state index contributed by atoms with van der Waals surface area (Å²) in [5.74, 6) is 1.30. The lowest BCUT2D eigenvalue weighted by molar-refractivity contribution is 0.0451. The summed E-state index contributed by atoms with van der Waals surface area (Å²) in [5, 5.41) is 0. The number of hydrogen-bond acceptors (Lipinski definition) is 2. The van der Waals surface area contributed by atoms with Crippen molar-refractivity contribution in [3.8, 4) is 44.5 Å². The van der Waals surface area contributed by atoms with Gasteiger partial charge < -0.3 is 9.80 Å². The number of aryl methyl sites for hydroxylation is 1. The third-order valence-electron chi connectivity index (χ3n) is 13.9. The van der Waals surface area contributed by atoms with Crippen LogP contribution in [0.5, 0.6) is 0 Å². The molecule has 0 aliphatic carbocycles. The second-order valence-electron chi connectivity index (χ2n) is 17.1. The van der Waals surface area contributed by atoms with E-state index in [2.05, 4.69) is 183 Å². The topological polar surface area (TPSA) is 6.48 Å². The fraction of sp³-hybridized carbons (Fsp3) is 0.308. The zero-order chi connectivity index (χ0) is 36.9. The van der Waals surface area contributed by atoms with Crippen LogP contribution in [0.3, 0.4) is 0 Å². The van der Waals surface area contributed by atoms with Crippen LogP contribution in [0.1, 0.15) is 55.4 Å². The molecule has 10 rings (SSSR count). The first-order chi connectivity index (χ1) is 26.3. The molecule has 2 nitrogen and oxygen atoms in total. The van der Waals surface area contributed by atoms with Gasteiger partial charge in [-0.15, -0.1) is 0 Å². The van der Waals surface area contributed by atoms with Crippen LogP contribution in [0.15, 0.2) is 146 Å². The van der Waals surface area contributed by atoms with Crippen LogP contribution >= 0.6 is 0 Å². The molecule has 0 radical (unpaired) electrons. The molecule has 4 saturated heterocycles. The standard InChI is InChI=1S/C52H54N2/c1-37-5-7-39(8-6-37)40-9-11-42(12-10-40)45-19-25-48(26-20-45)52(36-54-32-29-50(52)30-33-54)49-27-21-46(22-28-49)43-15-13-41(14-16-43)44-17-23-47(24-18-44)51(3)31-34-53(4)35-38(51)2/h5-28,38,50H,29-36H2,1-4H3/t38?,51-,52?/m0/s1. The fourth-order valence-corrected chi connectivity index (χ4v) is 10.2. The number of likely N-dealkylation sites (tertiary alicyclic amines) is 1. The lowest BCUT2D eigenvalue weighted by Crippen LogP contribution is -2.57. The number of rotatable bonds is 7. The van der Waals surface area contributed by atoms with Gasteiger partial charge in [0.25, 0.3) is 0 Å². The molecule has 0 N–H and O–H groups in total. The Labute approximate surface area is 323 Å². The van der Waals surface area contributed by atoms with Gasteiger partial charge in [0.1, 0.15) is 0 Å². The Morgan fingerprint density at radius 2 is 0.833 bits per heavy atom. The van der Waals surface area contributed by atoms with Gasteiger partial charge in [-0.3, -0.25) is 0 Å². The van der Waals surface area contributed by atoms with Gasteiger partial charge in [-0.2, -0.15) is 0 Å². The summed E-state index contributed by atoms with van der Waals surface area (Å²) in [6.07, 6.45) is 3.75. The monoisotopic (exact) mass is 706 g/mol. The van der Waals surface area contributed by atoms with Gasteiger partial charge in [0.15, 0.2) is 0 Å². The molecule has 0 spiro atoms. The third-order valence-corrected chi connectivity index (χ3v) is 13.9. The van der Waals surface area contributed by atoms with Crippen LogP contribution in [0.4, 0.5) is 0 Å². The molecule has 2 bridgehead atoms. The zero-order valence-corrected chi connectivity index (χ0v) is 32.6. The Balaban J connectivity index is 0.944.